The zero-order chi connectivity index (χ0) is 22.6. The molecule has 0 aliphatic carbocycles. The molecule has 32 heavy (non-hydrogen) atoms. The molecule has 6 nitrogen and oxygen atoms in total. The fourth-order valence-corrected chi connectivity index (χ4v) is 5.93. The van der Waals surface area contributed by atoms with E-state index in [9.17, 15) is 13.2 Å². The summed E-state index contributed by atoms with van der Waals surface area (Å²) in [6.45, 7) is 3.48. The van der Waals surface area contributed by atoms with Gasteiger partial charge in [-0.15, -0.1) is 11.3 Å². The SMILES string of the molecule is CCc1ccc(C(NC(=O)c2cccc(S(=O)(=O)N3CCOCC3)c2)c2cccs2)cc1. The van der Waals surface area contributed by atoms with Crippen molar-refractivity contribution in [3.05, 3.63) is 87.6 Å². The van der Waals surface area contributed by atoms with E-state index >= 15 is 0 Å². The zero-order valence-corrected chi connectivity index (χ0v) is 19.5. The second-order valence-corrected chi connectivity index (χ2v) is 10.5. The highest BCUT2D eigenvalue weighted by atomic mass is 32.2. The van der Waals surface area contributed by atoms with Gasteiger partial charge in [-0.05, 0) is 47.2 Å². The van der Waals surface area contributed by atoms with Gasteiger partial charge in [0.05, 0.1) is 24.2 Å². The number of carbonyl (C=O) groups is 1. The molecule has 1 aliphatic heterocycles. The summed E-state index contributed by atoms with van der Waals surface area (Å²) >= 11 is 1.57. The molecule has 2 aromatic carbocycles. The molecule has 0 bridgehead atoms. The normalized spacial score (nSPS) is 15.9. The second kappa shape index (κ2) is 9.95. The van der Waals surface area contributed by atoms with Crippen LogP contribution in [0, 0.1) is 0 Å². The van der Waals surface area contributed by atoms with Gasteiger partial charge in [-0.3, -0.25) is 4.79 Å². The van der Waals surface area contributed by atoms with Crippen molar-refractivity contribution in [1.29, 1.82) is 0 Å². The number of aryl methyl sites for hydroxylation is 1. The fourth-order valence-electron chi connectivity index (χ4n) is 3.67. The summed E-state index contributed by atoms with van der Waals surface area (Å²) in [6.07, 6.45) is 0.945. The third-order valence-corrected chi connectivity index (χ3v) is 8.36. The Morgan fingerprint density at radius 3 is 2.50 bits per heavy atom. The molecule has 8 heteroatoms. The smallest absolute Gasteiger partial charge is 0.252 e. The molecule has 0 saturated carbocycles. The number of sulfonamides is 1. The number of thiophene rings is 1. The van der Waals surface area contributed by atoms with E-state index in [0.29, 0.717) is 31.9 Å². The molecule has 168 valence electrons. The van der Waals surface area contributed by atoms with Crippen LogP contribution >= 0.6 is 11.3 Å². The van der Waals surface area contributed by atoms with Crippen molar-refractivity contribution < 1.29 is 17.9 Å². The topological polar surface area (TPSA) is 75.7 Å². The van der Waals surface area contributed by atoms with Crippen LogP contribution in [0.15, 0.2) is 70.9 Å². The van der Waals surface area contributed by atoms with E-state index in [-0.39, 0.29) is 16.8 Å². The standard InChI is InChI=1S/C24H26N2O4S2/c1-2-18-8-10-19(11-9-18)23(22-7-4-16-31-22)25-24(27)20-5-3-6-21(17-20)32(28,29)26-12-14-30-15-13-26/h3-11,16-17,23H,2,12-15H2,1H3,(H,25,27). The maximum absolute atomic E-state index is 13.2. The Balaban J connectivity index is 1.59. The quantitative estimate of drug-likeness (QED) is 0.569. The molecule has 1 N–H and O–H groups in total. The van der Waals surface area contributed by atoms with Crippen molar-refractivity contribution >= 4 is 27.3 Å². The van der Waals surface area contributed by atoms with Crippen LogP contribution in [0.25, 0.3) is 0 Å². The van der Waals surface area contributed by atoms with Crippen LogP contribution in [0.3, 0.4) is 0 Å². The molecule has 2 heterocycles. The zero-order valence-electron chi connectivity index (χ0n) is 17.9. The van der Waals surface area contributed by atoms with Gasteiger partial charge in [0.2, 0.25) is 10.0 Å². The number of nitrogens with zero attached hydrogens (tertiary/aromatic N) is 1. The van der Waals surface area contributed by atoms with Crippen molar-refractivity contribution in [2.24, 2.45) is 0 Å². The van der Waals surface area contributed by atoms with E-state index in [1.54, 1.807) is 23.5 Å². The van der Waals surface area contributed by atoms with Gasteiger partial charge in [-0.1, -0.05) is 43.3 Å². The van der Waals surface area contributed by atoms with Gasteiger partial charge in [0.1, 0.15) is 0 Å². The molecule has 4 rings (SSSR count). The Hall–Kier alpha value is -2.52. The first kappa shape index (κ1) is 22.7. The lowest BCUT2D eigenvalue weighted by molar-refractivity contribution is 0.0730. The summed E-state index contributed by atoms with van der Waals surface area (Å²) in [5, 5.41) is 5.07. The van der Waals surface area contributed by atoms with Crippen LogP contribution < -0.4 is 5.32 Å². The van der Waals surface area contributed by atoms with Gasteiger partial charge in [-0.25, -0.2) is 8.42 Å². The van der Waals surface area contributed by atoms with E-state index in [2.05, 4.69) is 24.4 Å². The number of hydrogen-bond donors (Lipinski definition) is 1. The number of morpholine rings is 1. The third kappa shape index (κ3) is 4.94. The Labute approximate surface area is 192 Å². The third-order valence-electron chi connectivity index (χ3n) is 5.53. The molecule has 3 aromatic rings. The van der Waals surface area contributed by atoms with E-state index in [4.69, 9.17) is 4.74 Å². The molecule has 1 aliphatic rings. The minimum atomic E-state index is -3.67. The number of amides is 1. The molecule has 0 radical (unpaired) electrons. The van der Waals surface area contributed by atoms with Crippen LogP contribution in [0.5, 0.6) is 0 Å². The fraction of sp³-hybridized carbons (Fsp3) is 0.292. The van der Waals surface area contributed by atoms with Gasteiger partial charge >= 0.3 is 0 Å². The molecule has 1 fully saturated rings. The van der Waals surface area contributed by atoms with Crippen LogP contribution in [0.2, 0.25) is 0 Å². The van der Waals surface area contributed by atoms with Crippen LogP contribution in [-0.4, -0.2) is 44.9 Å². The first-order valence-electron chi connectivity index (χ1n) is 10.6. The van der Waals surface area contributed by atoms with E-state index < -0.39 is 10.0 Å². The number of rotatable bonds is 7. The van der Waals surface area contributed by atoms with Crippen molar-refractivity contribution in [1.82, 2.24) is 9.62 Å². The molecular weight excluding hydrogens is 444 g/mol. The van der Waals surface area contributed by atoms with E-state index in [1.807, 2.05) is 29.6 Å². The maximum atomic E-state index is 13.2. The van der Waals surface area contributed by atoms with Crippen LogP contribution in [0.1, 0.15) is 39.3 Å². The first-order chi connectivity index (χ1) is 15.5. The molecular formula is C24H26N2O4S2. The summed E-state index contributed by atoms with van der Waals surface area (Å²) in [5.41, 5.74) is 2.52. The minimum Gasteiger partial charge on any atom is -0.379 e. The van der Waals surface area contributed by atoms with Crippen LogP contribution in [0.4, 0.5) is 0 Å². The van der Waals surface area contributed by atoms with Gasteiger partial charge in [-0.2, -0.15) is 4.31 Å². The molecule has 1 amide bonds. The summed E-state index contributed by atoms with van der Waals surface area (Å²) in [5.74, 6) is -0.318. The largest absolute Gasteiger partial charge is 0.379 e. The first-order valence-corrected chi connectivity index (χ1v) is 12.9. The number of carbonyl (C=O) groups excluding carboxylic acids is 1. The molecule has 1 atom stereocenters. The average Bonchev–Trinajstić information content (AvgIpc) is 3.38. The predicted octanol–water partition coefficient (Wildman–Crippen LogP) is 3.85. The highest BCUT2D eigenvalue weighted by Crippen LogP contribution is 2.27. The van der Waals surface area contributed by atoms with Crippen molar-refractivity contribution in [2.75, 3.05) is 26.3 Å². The maximum Gasteiger partial charge on any atom is 0.252 e. The molecule has 1 unspecified atom stereocenters. The van der Waals surface area contributed by atoms with Gasteiger partial charge in [0.25, 0.3) is 5.91 Å². The van der Waals surface area contributed by atoms with Gasteiger partial charge < -0.3 is 10.1 Å². The molecule has 1 saturated heterocycles. The van der Waals surface area contributed by atoms with Gasteiger partial charge in [0.15, 0.2) is 0 Å². The number of hydrogen-bond acceptors (Lipinski definition) is 5. The Morgan fingerprint density at radius 1 is 1.09 bits per heavy atom. The highest BCUT2D eigenvalue weighted by molar-refractivity contribution is 7.89. The van der Waals surface area contributed by atoms with Crippen molar-refractivity contribution in [3.8, 4) is 0 Å². The van der Waals surface area contributed by atoms with Crippen molar-refractivity contribution in [2.45, 2.75) is 24.3 Å². The predicted molar refractivity (Wildman–Crippen MR) is 125 cm³/mol. The Bertz CT molecular complexity index is 1150. The number of nitrogens with one attached hydrogen (secondary N) is 1. The van der Waals surface area contributed by atoms with E-state index in [0.717, 1.165) is 16.9 Å². The molecule has 0 spiro atoms. The average molecular weight is 471 g/mol. The monoisotopic (exact) mass is 470 g/mol. The minimum absolute atomic E-state index is 0.118. The lowest BCUT2D eigenvalue weighted by Gasteiger charge is -2.26. The lowest BCUT2D eigenvalue weighted by atomic mass is 10.0. The summed E-state index contributed by atoms with van der Waals surface area (Å²) in [4.78, 5) is 14.3. The summed E-state index contributed by atoms with van der Waals surface area (Å²) in [7, 11) is -3.67. The highest BCUT2D eigenvalue weighted by Gasteiger charge is 2.27. The second-order valence-electron chi connectivity index (χ2n) is 7.56. The summed E-state index contributed by atoms with van der Waals surface area (Å²) in [6, 6.07) is 18.1. The van der Waals surface area contributed by atoms with E-state index in [1.165, 1.54) is 22.0 Å². The number of ether oxygens (including phenoxy) is 1. The lowest BCUT2D eigenvalue weighted by Crippen LogP contribution is -2.40. The molecule has 1 aromatic heterocycles. The van der Waals surface area contributed by atoms with Gasteiger partial charge in [0, 0.05) is 23.5 Å². The summed E-state index contributed by atoms with van der Waals surface area (Å²) < 4.78 is 32.6. The Morgan fingerprint density at radius 2 is 1.84 bits per heavy atom. The Kier molecular flexibility index (Phi) is 7.05. The van der Waals surface area contributed by atoms with Crippen LogP contribution in [-0.2, 0) is 21.2 Å². The van der Waals surface area contributed by atoms with Crippen molar-refractivity contribution in [3.63, 3.8) is 0 Å². The number of benzene rings is 2.